The fourth-order valence-corrected chi connectivity index (χ4v) is 3.68. The molecule has 1 aliphatic carbocycles. The summed E-state index contributed by atoms with van der Waals surface area (Å²) < 4.78 is 43.5. The Hall–Kier alpha value is -2.64. The van der Waals surface area contributed by atoms with Gasteiger partial charge in [0.15, 0.2) is 0 Å². The van der Waals surface area contributed by atoms with Crippen LogP contribution in [0.2, 0.25) is 0 Å². The summed E-state index contributed by atoms with van der Waals surface area (Å²) in [5, 5.41) is 13.7. The Labute approximate surface area is 173 Å². The molecule has 2 N–H and O–H groups in total. The zero-order valence-electron chi connectivity index (χ0n) is 16.6. The fraction of sp³-hybridized carbons (Fsp3) is 0.348. The number of aliphatic hydroxyl groups is 1. The first kappa shape index (κ1) is 22.1. The first-order valence-corrected chi connectivity index (χ1v) is 9.73. The Morgan fingerprint density at radius 3 is 2.53 bits per heavy atom. The summed E-state index contributed by atoms with van der Waals surface area (Å²) in [7, 11) is 1.32. The minimum absolute atomic E-state index is 0.392. The number of esters is 1. The van der Waals surface area contributed by atoms with Gasteiger partial charge in [-0.2, -0.15) is 13.2 Å². The number of aliphatic hydroxyl groups excluding tert-OH is 1. The SMILES string of the molecule is COC(=O)c1ccc(CNC(O)C2=C(Cc3cccc(C(F)(F)F)c3)CCC2)cc1. The molecule has 0 aliphatic heterocycles. The third-order valence-electron chi connectivity index (χ3n) is 5.26. The van der Waals surface area contributed by atoms with Crippen LogP contribution in [0.25, 0.3) is 0 Å². The van der Waals surface area contributed by atoms with Crippen LogP contribution in [-0.4, -0.2) is 24.4 Å². The lowest BCUT2D eigenvalue weighted by atomic mass is 9.99. The monoisotopic (exact) mass is 419 g/mol. The second kappa shape index (κ2) is 9.45. The maximum atomic E-state index is 12.9. The Bertz CT molecular complexity index is 920. The van der Waals surface area contributed by atoms with Crippen molar-refractivity contribution < 1.29 is 27.8 Å². The highest BCUT2D eigenvalue weighted by Gasteiger charge is 2.30. The molecule has 0 amide bonds. The third kappa shape index (κ3) is 5.49. The molecule has 0 saturated carbocycles. The maximum absolute atomic E-state index is 12.9. The number of rotatable bonds is 7. The summed E-state index contributed by atoms with van der Waals surface area (Å²) in [4.78, 5) is 11.5. The largest absolute Gasteiger partial charge is 0.465 e. The molecule has 7 heteroatoms. The summed E-state index contributed by atoms with van der Waals surface area (Å²) in [6.45, 7) is 0.392. The van der Waals surface area contributed by atoms with E-state index in [0.717, 1.165) is 35.6 Å². The standard InChI is InChI=1S/C23H24F3NO3/c1-30-22(29)17-10-8-15(9-11-17)14-27-21(28)20-7-3-5-18(20)12-16-4-2-6-19(13-16)23(24,25)26/h2,4,6,8-11,13,21,27-28H,3,5,7,12,14H2,1H3. The lowest BCUT2D eigenvalue weighted by molar-refractivity contribution is -0.137. The quantitative estimate of drug-likeness (QED) is 0.391. The highest BCUT2D eigenvalue weighted by Crippen LogP contribution is 2.33. The summed E-state index contributed by atoms with van der Waals surface area (Å²) >= 11 is 0. The van der Waals surface area contributed by atoms with Gasteiger partial charge in [0.25, 0.3) is 0 Å². The molecule has 0 radical (unpaired) electrons. The molecule has 4 nitrogen and oxygen atoms in total. The van der Waals surface area contributed by atoms with Gasteiger partial charge in [0.2, 0.25) is 0 Å². The summed E-state index contributed by atoms with van der Waals surface area (Å²) in [5.74, 6) is -0.412. The number of carbonyl (C=O) groups is 1. The van der Waals surface area contributed by atoms with Crippen LogP contribution in [0.3, 0.4) is 0 Å². The van der Waals surface area contributed by atoms with Crippen LogP contribution in [0.4, 0.5) is 13.2 Å². The fourth-order valence-electron chi connectivity index (χ4n) is 3.68. The zero-order valence-corrected chi connectivity index (χ0v) is 16.6. The van der Waals surface area contributed by atoms with Crippen molar-refractivity contribution in [2.45, 2.75) is 44.6 Å². The maximum Gasteiger partial charge on any atom is 0.416 e. The number of ether oxygens (including phenoxy) is 1. The molecule has 2 aromatic rings. The second-order valence-corrected chi connectivity index (χ2v) is 7.33. The van der Waals surface area contributed by atoms with Crippen LogP contribution in [0, 0.1) is 0 Å². The summed E-state index contributed by atoms with van der Waals surface area (Å²) in [6.07, 6.45) is -2.49. The van der Waals surface area contributed by atoms with Gasteiger partial charge in [0, 0.05) is 6.54 Å². The van der Waals surface area contributed by atoms with Crippen molar-refractivity contribution in [2.75, 3.05) is 7.11 Å². The molecule has 0 heterocycles. The number of hydrogen-bond donors (Lipinski definition) is 2. The Kier molecular flexibility index (Phi) is 6.95. The van der Waals surface area contributed by atoms with E-state index in [9.17, 15) is 23.1 Å². The lowest BCUT2D eigenvalue weighted by Crippen LogP contribution is -2.30. The van der Waals surface area contributed by atoms with Gasteiger partial charge in [-0.15, -0.1) is 0 Å². The van der Waals surface area contributed by atoms with Gasteiger partial charge in [-0.3, -0.25) is 5.32 Å². The van der Waals surface area contributed by atoms with E-state index in [4.69, 9.17) is 0 Å². The molecule has 0 bridgehead atoms. The molecular weight excluding hydrogens is 395 g/mol. The van der Waals surface area contributed by atoms with Crippen LogP contribution in [-0.2, 0) is 23.9 Å². The molecule has 0 spiro atoms. The second-order valence-electron chi connectivity index (χ2n) is 7.33. The average Bonchev–Trinajstić information content (AvgIpc) is 3.19. The minimum atomic E-state index is -4.37. The third-order valence-corrected chi connectivity index (χ3v) is 5.26. The van der Waals surface area contributed by atoms with E-state index in [2.05, 4.69) is 10.1 Å². The number of nitrogens with one attached hydrogen (secondary N) is 1. The van der Waals surface area contributed by atoms with Gasteiger partial charge in [-0.05, 0) is 60.6 Å². The van der Waals surface area contributed by atoms with Crippen LogP contribution >= 0.6 is 0 Å². The van der Waals surface area contributed by atoms with E-state index < -0.39 is 23.9 Å². The Balaban J connectivity index is 1.65. The van der Waals surface area contributed by atoms with Crippen molar-refractivity contribution >= 4 is 5.97 Å². The van der Waals surface area contributed by atoms with Crippen molar-refractivity contribution in [3.8, 4) is 0 Å². The van der Waals surface area contributed by atoms with E-state index >= 15 is 0 Å². The first-order chi connectivity index (χ1) is 14.3. The zero-order chi connectivity index (χ0) is 21.7. The smallest absolute Gasteiger partial charge is 0.416 e. The van der Waals surface area contributed by atoms with Crippen molar-refractivity contribution in [1.82, 2.24) is 5.32 Å². The summed E-state index contributed by atoms with van der Waals surface area (Å²) in [6, 6.07) is 12.2. The normalized spacial score (nSPS) is 15.4. The van der Waals surface area contributed by atoms with Gasteiger partial charge in [-0.1, -0.05) is 35.9 Å². The van der Waals surface area contributed by atoms with Gasteiger partial charge < -0.3 is 9.84 Å². The minimum Gasteiger partial charge on any atom is -0.465 e. The van der Waals surface area contributed by atoms with Gasteiger partial charge in [-0.25, -0.2) is 4.79 Å². The van der Waals surface area contributed by atoms with Crippen LogP contribution in [0.15, 0.2) is 59.7 Å². The van der Waals surface area contributed by atoms with Crippen molar-refractivity contribution in [2.24, 2.45) is 0 Å². The molecule has 0 saturated heterocycles. The number of benzene rings is 2. The molecule has 0 fully saturated rings. The number of alkyl halides is 3. The molecule has 2 aromatic carbocycles. The van der Waals surface area contributed by atoms with E-state index in [0.29, 0.717) is 30.5 Å². The highest BCUT2D eigenvalue weighted by atomic mass is 19.4. The Morgan fingerprint density at radius 1 is 1.13 bits per heavy atom. The van der Waals surface area contributed by atoms with Crippen LogP contribution < -0.4 is 5.32 Å². The van der Waals surface area contributed by atoms with Gasteiger partial charge in [0.05, 0.1) is 18.2 Å². The average molecular weight is 419 g/mol. The molecular formula is C23H24F3NO3. The predicted octanol–water partition coefficient (Wildman–Crippen LogP) is 4.62. The lowest BCUT2D eigenvalue weighted by Gasteiger charge is -2.17. The van der Waals surface area contributed by atoms with E-state index in [1.54, 1.807) is 30.3 Å². The van der Waals surface area contributed by atoms with E-state index in [-0.39, 0.29) is 0 Å². The number of hydrogen-bond acceptors (Lipinski definition) is 4. The number of carbonyl (C=O) groups excluding carboxylic acids is 1. The predicted molar refractivity (Wildman–Crippen MR) is 107 cm³/mol. The van der Waals surface area contributed by atoms with E-state index in [1.807, 2.05) is 0 Å². The molecule has 3 rings (SSSR count). The van der Waals surface area contributed by atoms with Gasteiger partial charge in [0.1, 0.15) is 6.23 Å². The molecule has 160 valence electrons. The number of methoxy groups -OCH3 is 1. The van der Waals surface area contributed by atoms with Gasteiger partial charge >= 0.3 is 12.1 Å². The van der Waals surface area contributed by atoms with Crippen LogP contribution in [0.5, 0.6) is 0 Å². The molecule has 0 aromatic heterocycles. The van der Waals surface area contributed by atoms with Crippen molar-refractivity contribution in [3.05, 3.63) is 81.9 Å². The van der Waals surface area contributed by atoms with Crippen molar-refractivity contribution in [1.29, 1.82) is 0 Å². The summed E-state index contributed by atoms with van der Waals surface area (Å²) in [5.41, 5.74) is 3.09. The Morgan fingerprint density at radius 2 is 1.87 bits per heavy atom. The van der Waals surface area contributed by atoms with Crippen LogP contribution in [0.1, 0.15) is 46.3 Å². The highest BCUT2D eigenvalue weighted by molar-refractivity contribution is 5.89. The molecule has 1 unspecified atom stereocenters. The molecule has 1 atom stereocenters. The molecule has 1 aliphatic rings. The number of halogens is 3. The van der Waals surface area contributed by atoms with E-state index in [1.165, 1.54) is 19.2 Å². The van der Waals surface area contributed by atoms with Crippen molar-refractivity contribution in [3.63, 3.8) is 0 Å². The number of allylic oxidation sites excluding steroid dienone is 1. The molecule has 30 heavy (non-hydrogen) atoms. The first-order valence-electron chi connectivity index (χ1n) is 9.73. The topological polar surface area (TPSA) is 58.6 Å².